The Morgan fingerprint density at radius 3 is 2.30 bits per heavy atom. The van der Waals surface area contributed by atoms with Gasteiger partial charge in [0.25, 0.3) is 5.24 Å². The molecule has 0 spiro atoms. The van der Waals surface area contributed by atoms with E-state index in [2.05, 4.69) is 0 Å². The number of hydrogen-bond donors (Lipinski definition) is 0. The van der Waals surface area contributed by atoms with Crippen LogP contribution in [0.5, 0.6) is 0 Å². The molecule has 0 radical (unpaired) electrons. The SMILES string of the molecule is CN(OCc1ccccc1)/C(=C\c1ccccc1C=O)C(=O)Cl. The number of nitrogens with zero attached hydrogens (tertiary/aromatic N) is 1. The van der Waals surface area contributed by atoms with E-state index in [0.717, 1.165) is 11.8 Å². The average molecular weight is 330 g/mol. The number of halogens is 1. The molecule has 0 bridgehead atoms. The van der Waals surface area contributed by atoms with Gasteiger partial charge < -0.3 is 0 Å². The van der Waals surface area contributed by atoms with Gasteiger partial charge >= 0.3 is 0 Å². The summed E-state index contributed by atoms with van der Waals surface area (Å²) in [5.41, 5.74) is 2.19. The van der Waals surface area contributed by atoms with Gasteiger partial charge in [-0.15, -0.1) is 0 Å². The summed E-state index contributed by atoms with van der Waals surface area (Å²) < 4.78 is 0. The van der Waals surface area contributed by atoms with Gasteiger partial charge in [0.15, 0.2) is 6.29 Å². The first-order chi connectivity index (χ1) is 11.1. The third kappa shape index (κ3) is 4.77. The normalized spacial score (nSPS) is 11.1. The van der Waals surface area contributed by atoms with Gasteiger partial charge in [-0.3, -0.25) is 19.5 Å². The third-order valence-electron chi connectivity index (χ3n) is 3.22. The minimum Gasteiger partial charge on any atom is -0.298 e. The van der Waals surface area contributed by atoms with Gasteiger partial charge in [-0.25, -0.2) is 0 Å². The predicted molar refractivity (Wildman–Crippen MR) is 89.7 cm³/mol. The van der Waals surface area contributed by atoms with Crippen LogP contribution in [0.15, 0.2) is 60.3 Å². The van der Waals surface area contributed by atoms with Crippen molar-refractivity contribution in [1.82, 2.24) is 5.06 Å². The largest absolute Gasteiger partial charge is 0.298 e. The first kappa shape index (κ1) is 16.9. The van der Waals surface area contributed by atoms with E-state index in [-0.39, 0.29) is 5.70 Å². The molecular weight excluding hydrogens is 314 g/mol. The smallest absolute Gasteiger partial charge is 0.270 e. The van der Waals surface area contributed by atoms with Crippen molar-refractivity contribution in [3.63, 3.8) is 0 Å². The van der Waals surface area contributed by atoms with Gasteiger partial charge in [-0.1, -0.05) is 54.6 Å². The summed E-state index contributed by atoms with van der Waals surface area (Å²) in [4.78, 5) is 28.3. The molecule has 0 aliphatic rings. The van der Waals surface area contributed by atoms with Gasteiger partial charge in [-0.2, -0.15) is 0 Å². The lowest BCUT2D eigenvalue weighted by Gasteiger charge is -2.19. The highest BCUT2D eigenvalue weighted by molar-refractivity contribution is 6.67. The van der Waals surface area contributed by atoms with Crippen molar-refractivity contribution in [1.29, 1.82) is 0 Å². The Bertz CT molecular complexity index is 713. The van der Waals surface area contributed by atoms with Crippen LogP contribution in [0.1, 0.15) is 21.5 Å². The van der Waals surface area contributed by atoms with Gasteiger partial charge in [0.1, 0.15) is 5.70 Å². The Morgan fingerprint density at radius 1 is 1.09 bits per heavy atom. The topological polar surface area (TPSA) is 46.6 Å². The van der Waals surface area contributed by atoms with E-state index < -0.39 is 5.24 Å². The number of rotatable bonds is 7. The molecule has 0 amide bonds. The highest BCUT2D eigenvalue weighted by Gasteiger charge is 2.14. The molecule has 0 heterocycles. The average Bonchev–Trinajstić information content (AvgIpc) is 2.58. The molecule has 0 fully saturated rings. The molecule has 5 heteroatoms. The van der Waals surface area contributed by atoms with Crippen LogP contribution < -0.4 is 0 Å². The minimum atomic E-state index is -0.665. The van der Waals surface area contributed by atoms with Gasteiger partial charge in [0, 0.05) is 12.6 Å². The molecule has 2 aromatic rings. The standard InChI is InChI=1S/C18H16ClNO3/c1-20(23-13-14-7-3-2-4-8-14)17(18(19)22)11-15-9-5-6-10-16(15)12-21/h2-12H,13H2,1H3/b17-11-. The van der Waals surface area contributed by atoms with Crippen LogP contribution in [0.3, 0.4) is 0 Å². The van der Waals surface area contributed by atoms with E-state index in [1.807, 2.05) is 30.3 Å². The van der Waals surface area contributed by atoms with Crippen molar-refractivity contribution in [2.75, 3.05) is 7.05 Å². The summed E-state index contributed by atoms with van der Waals surface area (Å²) >= 11 is 5.65. The maximum absolute atomic E-state index is 11.7. The quantitative estimate of drug-likeness (QED) is 0.336. The number of allylic oxidation sites excluding steroid dienone is 1. The Morgan fingerprint density at radius 2 is 1.70 bits per heavy atom. The summed E-state index contributed by atoms with van der Waals surface area (Å²) in [6.07, 6.45) is 2.26. The second-order valence-electron chi connectivity index (χ2n) is 4.81. The summed E-state index contributed by atoms with van der Waals surface area (Å²) in [5, 5.41) is 0.644. The second-order valence-corrected chi connectivity index (χ2v) is 5.15. The molecule has 0 saturated carbocycles. The molecule has 0 N–H and O–H groups in total. The summed E-state index contributed by atoms with van der Waals surface area (Å²) in [6.45, 7) is 0.300. The van der Waals surface area contributed by atoms with Crippen molar-refractivity contribution in [2.45, 2.75) is 6.61 Å². The fraction of sp³-hybridized carbons (Fsp3) is 0.111. The number of aldehydes is 1. The van der Waals surface area contributed by atoms with Crippen molar-refractivity contribution in [2.24, 2.45) is 0 Å². The van der Waals surface area contributed by atoms with E-state index in [1.54, 1.807) is 31.3 Å². The molecular formula is C18H16ClNO3. The molecule has 2 aromatic carbocycles. The van der Waals surface area contributed by atoms with Crippen molar-refractivity contribution in [3.8, 4) is 0 Å². The molecule has 0 atom stereocenters. The number of hydrogen-bond acceptors (Lipinski definition) is 4. The lowest BCUT2D eigenvalue weighted by molar-refractivity contribution is -0.135. The van der Waals surface area contributed by atoms with Crippen molar-refractivity contribution in [3.05, 3.63) is 77.0 Å². The second kappa shape index (κ2) is 8.27. The molecule has 0 saturated heterocycles. The number of likely N-dealkylation sites (N-methyl/N-ethyl adjacent to an activating group) is 1. The molecule has 4 nitrogen and oxygen atoms in total. The maximum Gasteiger partial charge on any atom is 0.270 e. The zero-order chi connectivity index (χ0) is 16.7. The Hall–Kier alpha value is -2.43. The Labute approximate surface area is 139 Å². The van der Waals surface area contributed by atoms with E-state index in [1.165, 1.54) is 11.1 Å². The monoisotopic (exact) mass is 329 g/mol. The number of carbonyl (C=O) groups excluding carboxylic acids is 2. The summed E-state index contributed by atoms with van der Waals surface area (Å²) in [6, 6.07) is 16.5. The van der Waals surface area contributed by atoms with Gasteiger partial charge in [-0.05, 0) is 28.8 Å². The molecule has 0 aliphatic carbocycles. The Kier molecular flexibility index (Phi) is 6.09. The summed E-state index contributed by atoms with van der Waals surface area (Å²) in [5.74, 6) is 0. The first-order valence-corrected chi connectivity index (χ1v) is 7.36. The maximum atomic E-state index is 11.7. The minimum absolute atomic E-state index is 0.150. The van der Waals surface area contributed by atoms with Crippen LogP contribution in [0.4, 0.5) is 0 Å². The number of hydroxylamine groups is 2. The molecule has 0 unspecified atom stereocenters. The highest BCUT2D eigenvalue weighted by Crippen LogP contribution is 2.17. The number of benzene rings is 2. The first-order valence-electron chi connectivity index (χ1n) is 6.98. The van der Waals surface area contributed by atoms with E-state index >= 15 is 0 Å². The predicted octanol–water partition coefficient (Wildman–Crippen LogP) is 3.67. The zero-order valence-corrected chi connectivity index (χ0v) is 13.4. The van der Waals surface area contributed by atoms with Crippen molar-refractivity contribution >= 4 is 29.2 Å². The van der Waals surface area contributed by atoms with Gasteiger partial charge in [0.2, 0.25) is 0 Å². The highest BCUT2D eigenvalue weighted by atomic mass is 35.5. The van der Waals surface area contributed by atoms with E-state index in [4.69, 9.17) is 16.4 Å². The molecule has 0 aliphatic heterocycles. The Balaban J connectivity index is 2.18. The molecule has 23 heavy (non-hydrogen) atoms. The van der Waals surface area contributed by atoms with Crippen LogP contribution in [0, 0.1) is 0 Å². The van der Waals surface area contributed by atoms with E-state index in [9.17, 15) is 9.59 Å². The van der Waals surface area contributed by atoms with Crippen molar-refractivity contribution < 1.29 is 14.4 Å². The molecule has 118 valence electrons. The van der Waals surface area contributed by atoms with Crippen LogP contribution in [0.25, 0.3) is 6.08 Å². The van der Waals surface area contributed by atoms with Crippen LogP contribution in [-0.4, -0.2) is 23.6 Å². The van der Waals surface area contributed by atoms with Crippen LogP contribution in [-0.2, 0) is 16.2 Å². The lowest BCUT2D eigenvalue weighted by atomic mass is 10.1. The summed E-state index contributed by atoms with van der Waals surface area (Å²) in [7, 11) is 1.60. The third-order valence-corrected chi connectivity index (χ3v) is 3.42. The lowest BCUT2D eigenvalue weighted by Crippen LogP contribution is -2.21. The van der Waals surface area contributed by atoms with Gasteiger partial charge in [0.05, 0.1) is 6.61 Å². The van der Waals surface area contributed by atoms with Crippen LogP contribution in [0.2, 0.25) is 0 Å². The zero-order valence-electron chi connectivity index (χ0n) is 12.6. The molecule has 0 aromatic heterocycles. The molecule has 2 rings (SSSR count). The van der Waals surface area contributed by atoms with Crippen LogP contribution >= 0.6 is 11.6 Å². The fourth-order valence-corrected chi connectivity index (χ4v) is 2.16. The fourth-order valence-electron chi connectivity index (χ4n) is 1.98. The number of carbonyl (C=O) groups is 2. The van der Waals surface area contributed by atoms with E-state index in [0.29, 0.717) is 17.7 Å².